The van der Waals surface area contributed by atoms with Crippen molar-refractivity contribution in [1.82, 2.24) is 34.4 Å². The smallest absolute Gasteiger partial charge is 0.223 e. The number of hydrogen-bond acceptors (Lipinski definition) is 5. The van der Waals surface area contributed by atoms with E-state index in [0.717, 1.165) is 31.8 Å². The van der Waals surface area contributed by atoms with Crippen LogP contribution in [0.25, 0.3) is 0 Å². The first-order valence-corrected chi connectivity index (χ1v) is 9.30. The Balaban J connectivity index is 1.58. The van der Waals surface area contributed by atoms with Crippen molar-refractivity contribution in [3.05, 3.63) is 60.2 Å². The highest BCUT2D eigenvalue weighted by molar-refractivity contribution is 5.78. The van der Waals surface area contributed by atoms with E-state index < -0.39 is 0 Å². The van der Waals surface area contributed by atoms with Crippen LogP contribution >= 0.6 is 0 Å². The van der Waals surface area contributed by atoms with Gasteiger partial charge in [0.15, 0.2) is 5.82 Å². The van der Waals surface area contributed by atoms with Gasteiger partial charge in [-0.25, -0.2) is 19.3 Å². The number of aryl methyl sites for hydroxylation is 2. The summed E-state index contributed by atoms with van der Waals surface area (Å²) in [4.78, 5) is 22.8. The first kappa shape index (κ1) is 17.4. The van der Waals surface area contributed by atoms with Crippen LogP contribution in [0.1, 0.15) is 43.0 Å². The Morgan fingerprint density at radius 3 is 2.78 bits per heavy atom. The SMILES string of the molecule is C[C@@H](c1nc(Cn2cncn2)nn1CCc1ccccc1)N1CCCC1=O. The maximum atomic E-state index is 12.2. The molecule has 0 unspecified atom stereocenters. The predicted octanol–water partition coefficient (Wildman–Crippen LogP) is 1.84. The molecule has 8 nitrogen and oxygen atoms in total. The lowest BCUT2D eigenvalue weighted by molar-refractivity contribution is -0.129. The van der Waals surface area contributed by atoms with Crippen LogP contribution in [0.15, 0.2) is 43.0 Å². The Morgan fingerprint density at radius 2 is 2.07 bits per heavy atom. The fourth-order valence-electron chi connectivity index (χ4n) is 3.50. The van der Waals surface area contributed by atoms with E-state index in [1.165, 1.54) is 11.9 Å². The van der Waals surface area contributed by atoms with Gasteiger partial charge in [-0.05, 0) is 25.3 Å². The molecule has 0 radical (unpaired) electrons. The molecule has 1 fully saturated rings. The topological polar surface area (TPSA) is 81.7 Å². The lowest BCUT2D eigenvalue weighted by atomic mass is 10.1. The summed E-state index contributed by atoms with van der Waals surface area (Å²) in [5.41, 5.74) is 1.25. The number of carbonyl (C=O) groups excluding carboxylic acids is 1. The average molecular weight is 365 g/mol. The highest BCUT2D eigenvalue weighted by Crippen LogP contribution is 2.24. The fourth-order valence-corrected chi connectivity index (χ4v) is 3.50. The Morgan fingerprint density at radius 1 is 1.22 bits per heavy atom. The van der Waals surface area contributed by atoms with Crippen LogP contribution < -0.4 is 0 Å². The average Bonchev–Trinajstić information content (AvgIpc) is 3.42. The van der Waals surface area contributed by atoms with E-state index in [4.69, 9.17) is 10.1 Å². The molecule has 1 amide bonds. The zero-order chi connectivity index (χ0) is 18.6. The monoisotopic (exact) mass is 365 g/mol. The summed E-state index contributed by atoms with van der Waals surface area (Å²) < 4.78 is 3.64. The van der Waals surface area contributed by atoms with Gasteiger partial charge in [0.2, 0.25) is 5.91 Å². The largest absolute Gasteiger partial charge is 0.333 e. The maximum absolute atomic E-state index is 12.2. The van der Waals surface area contributed by atoms with Gasteiger partial charge in [0.05, 0.1) is 6.04 Å². The van der Waals surface area contributed by atoms with E-state index >= 15 is 0 Å². The van der Waals surface area contributed by atoms with Crippen LogP contribution in [-0.4, -0.2) is 46.9 Å². The van der Waals surface area contributed by atoms with Gasteiger partial charge >= 0.3 is 0 Å². The summed E-state index contributed by atoms with van der Waals surface area (Å²) in [6.07, 6.45) is 5.54. The van der Waals surface area contributed by atoms with Gasteiger partial charge < -0.3 is 4.90 Å². The second kappa shape index (κ2) is 7.69. The highest BCUT2D eigenvalue weighted by atomic mass is 16.2. The zero-order valence-corrected chi connectivity index (χ0v) is 15.4. The molecule has 1 atom stereocenters. The number of nitrogens with zero attached hydrogens (tertiary/aromatic N) is 7. The third-order valence-corrected chi connectivity index (χ3v) is 4.92. The van der Waals surface area contributed by atoms with Gasteiger partial charge in [-0.15, -0.1) is 0 Å². The molecule has 4 rings (SSSR count). The third-order valence-electron chi connectivity index (χ3n) is 4.92. The normalized spacial score (nSPS) is 15.4. The molecule has 140 valence electrons. The molecular weight excluding hydrogens is 342 g/mol. The minimum absolute atomic E-state index is 0.0900. The number of likely N-dealkylation sites (tertiary alicyclic amines) is 1. The van der Waals surface area contributed by atoms with Gasteiger partial charge in [-0.2, -0.15) is 10.2 Å². The number of rotatable bonds is 7. The summed E-state index contributed by atoms with van der Waals surface area (Å²) >= 11 is 0. The summed E-state index contributed by atoms with van der Waals surface area (Å²) in [5, 5.41) is 8.83. The van der Waals surface area contributed by atoms with E-state index in [2.05, 4.69) is 22.2 Å². The molecule has 0 N–H and O–H groups in total. The lowest BCUT2D eigenvalue weighted by Gasteiger charge is -2.23. The van der Waals surface area contributed by atoms with Crippen molar-refractivity contribution in [3.63, 3.8) is 0 Å². The van der Waals surface area contributed by atoms with Crippen molar-refractivity contribution in [2.45, 2.75) is 45.3 Å². The molecule has 0 saturated carbocycles. The Kier molecular flexibility index (Phi) is 4.95. The zero-order valence-electron chi connectivity index (χ0n) is 15.4. The van der Waals surface area contributed by atoms with Crippen molar-refractivity contribution in [2.24, 2.45) is 0 Å². The van der Waals surface area contributed by atoms with Crippen molar-refractivity contribution in [2.75, 3.05) is 6.54 Å². The van der Waals surface area contributed by atoms with Crippen molar-refractivity contribution < 1.29 is 4.79 Å². The predicted molar refractivity (Wildman–Crippen MR) is 98.7 cm³/mol. The molecule has 1 aliphatic rings. The summed E-state index contributed by atoms with van der Waals surface area (Å²) in [5.74, 6) is 1.70. The van der Waals surface area contributed by atoms with Crippen LogP contribution in [0.3, 0.4) is 0 Å². The van der Waals surface area contributed by atoms with Crippen LogP contribution in [0.2, 0.25) is 0 Å². The van der Waals surface area contributed by atoms with E-state index in [9.17, 15) is 4.79 Å². The number of amides is 1. The van der Waals surface area contributed by atoms with E-state index in [1.807, 2.05) is 34.7 Å². The number of carbonyl (C=O) groups is 1. The minimum atomic E-state index is -0.0900. The van der Waals surface area contributed by atoms with Crippen molar-refractivity contribution in [1.29, 1.82) is 0 Å². The highest BCUT2D eigenvalue weighted by Gasteiger charge is 2.29. The number of hydrogen-bond donors (Lipinski definition) is 0. The molecule has 27 heavy (non-hydrogen) atoms. The fraction of sp³-hybridized carbons (Fsp3) is 0.421. The van der Waals surface area contributed by atoms with Crippen LogP contribution in [0.5, 0.6) is 0 Å². The van der Waals surface area contributed by atoms with Crippen LogP contribution in [-0.2, 0) is 24.3 Å². The van der Waals surface area contributed by atoms with Crippen LogP contribution in [0, 0.1) is 0 Å². The van der Waals surface area contributed by atoms with E-state index in [1.54, 1.807) is 11.0 Å². The lowest BCUT2D eigenvalue weighted by Crippen LogP contribution is -2.30. The van der Waals surface area contributed by atoms with E-state index in [0.29, 0.717) is 18.8 Å². The maximum Gasteiger partial charge on any atom is 0.223 e. The molecule has 1 aliphatic heterocycles. The van der Waals surface area contributed by atoms with Crippen LogP contribution in [0.4, 0.5) is 0 Å². The molecule has 2 aromatic heterocycles. The Bertz CT molecular complexity index is 888. The second-order valence-corrected chi connectivity index (χ2v) is 6.80. The molecule has 1 saturated heterocycles. The van der Waals surface area contributed by atoms with Gasteiger partial charge in [0.25, 0.3) is 0 Å². The Hall–Kier alpha value is -3.03. The first-order valence-electron chi connectivity index (χ1n) is 9.30. The molecule has 3 aromatic rings. The minimum Gasteiger partial charge on any atom is -0.333 e. The number of aromatic nitrogens is 6. The molecule has 0 aliphatic carbocycles. The van der Waals surface area contributed by atoms with Gasteiger partial charge in [0.1, 0.15) is 25.0 Å². The first-order chi connectivity index (χ1) is 13.2. The molecule has 8 heteroatoms. The third kappa shape index (κ3) is 3.89. The van der Waals surface area contributed by atoms with Crippen molar-refractivity contribution in [3.8, 4) is 0 Å². The Labute approximate surface area is 157 Å². The molecular formula is C19H23N7O. The van der Waals surface area contributed by atoms with Gasteiger partial charge in [-0.3, -0.25) is 4.79 Å². The molecule has 0 spiro atoms. The standard InChI is InChI=1S/C19H23N7O/c1-15(25-10-5-8-18(25)27)19-22-17(12-24-14-20-13-21-24)23-26(19)11-9-16-6-3-2-4-7-16/h2-4,6-7,13-15H,5,8-12H2,1H3/t15-/m0/s1. The quantitative estimate of drug-likeness (QED) is 0.638. The summed E-state index contributed by atoms with van der Waals surface area (Å²) in [6.45, 7) is 4.00. The second-order valence-electron chi connectivity index (χ2n) is 6.80. The molecule has 3 heterocycles. The summed E-state index contributed by atoms with van der Waals surface area (Å²) in [6, 6.07) is 10.2. The summed E-state index contributed by atoms with van der Waals surface area (Å²) in [7, 11) is 0. The molecule has 0 bridgehead atoms. The van der Waals surface area contributed by atoms with Crippen molar-refractivity contribution >= 4 is 5.91 Å². The van der Waals surface area contributed by atoms with Gasteiger partial charge in [0, 0.05) is 19.5 Å². The van der Waals surface area contributed by atoms with E-state index in [-0.39, 0.29) is 11.9 Å². The molecule has 1 aromatic carbocycles. The van der Waals surface area contributed by atoms with Gasteiger partial charge in [-0.1, -0.05) is 30.3 Å². The number of benzene rings is 1.